The van der Waals surface area contributed by atoms with E-state index in [-0.39, 0.29) is 0 Å². The molecule has 2 N–H and O–H groups in total. The van der Waals surface area contributed by atoms with Crippen molar-refractivity contribution < 1.29 is 0 Å². The second-order valence-electron chi connectivity index (χ2n) is 5.25. The van der Waals surface area contributed by atoms with Gasteiger partial charge in [0.1, 0.15) is 0 Å². The van der Waals surface area contributed by atoms with Crippen LogP contribution in [0, 0.1) is 11.8 Å². The SMILES string of the molecule is CC(C)N1CC2CC(N)CC(C2)C1. The lowest BCUT2D eigenvalue weighted by atomic mass is 9.75. The molecule has 76 valence electrons. The van der Waals surface area contributed by atoms with Crippen molar-refractivity contribution in [1.82, 2.24) is 4.90 Å². The second-order valence-corrected chi connectivity index (χ2v) is 5.25. The van der Waals surface area contributed by atoms with Crippen molar-refractivity contribution in [2.24, 2.45) is 17.6 Å². The zero-order valence-electron chi connectivity index (χ0n) is 8.87. The van der Waals surface area contributed by atoms with Gasteiger partial charge in [-0.05, 0) is 44.9 Å². The molecule has 1 aliphatic heterocycles. The number of fused-ring (bicyclic) bond motifs is 2. The summed E-state index contributed by atoms with van der Waals surface area (Å²) in [6.45, 7) is 7.20. The molecule has 0 spiro atoms. The van der Waals surface area contributed by atoms with Crippen molar-refractivity contribution in [1.29, 1.82) is 0 Å². The highest BCUT2D eigenvalue weighted by molar-refractivity contribution is 4.89. The predicted octanol–water partition coefficient (Wildman–Crippen LogP) is 1.45. The fraction of sp³-hybridized carbons (Fsp3) is 1.00. The molecule has 2 nitrogen and oxygen atoms in total. The molecule has 0 aromatic carbocycles. The predicted molar refractivity (Wildman–Crippen MR) is 55.5 cm³/mol. The van der Waals surface area contributed by atoms with Crippen LogP contribution in [0.5, 0.6) is 0 Å². The molecular weight excluding hydrogens is 160 g/mol. The van der Waals surface area contributed by atoms with Gasteiger partial charge in [0.05, 0.1) is 0 Å². The summed E-state index contributed by atoms with van der Waals surface area (Å²) in [4.78, 5) is 2.63. The maximum absolute atomic E-state index is 6.03. The Kier molecular flexibility index (Phi) is 2.61. The van der Waals surface area contributed by atoms with E-state index in [9.17, 15) is 0 Å². The zero-order chi connectivity index (χ0) is 9.42. The third-order valence-corrected chi connectivity index (χ3v) is 3.65. The van der Waals surface area contributed by atoms with E-state index in [1.165, 1.54) is 32.4 Å². The summed E-state index contributed by atoms with van der Waals surface area (Å²) in [6.07, 6.45) is 3.97. The lowest BCUT2D eigenvalue weighted by molar-refractivity contribution is 0.0564. The number of hydrogen-bond donors (Lipinski definition) is 1. The highest BCUT2D eigenvalue weighted by atomic mass is 15.2. The third kappa shape index (κ3) is 2.05. The van der Waals surface area contributed by atoms with Crippen LogP contribution in [0.15, 0.2) is 0 Å². The number of rotatable bonds is 1. The first kappa shape index (κ1) is 9.47. The van der Waals surface area contributed by atoms with Gasteiger partial charge in [-0.25, -0.2) is 0 Å². The first-order valence-electron chi connectivity index (χ1n) is 5.64. The average molecular weight is 182 g/mol. The van der Waals surface area contributed by atoms with Gasteiger partial charge in [0.15, 0.2) is 0 Å². The number of nitrogens with two attached hydrogens (primary N) is 1. The van der Waals surface area contributed by atoms with Crippen LogP contribution in [0.1, 0.15) is 33.1 Å². The third-order valence-electron chi connectivity index (χ3n) is 3.65. The summed E-state index contributed by atoms with van der Waals surface area (Å²) >= 11 is 0. The number of piperidine rings is 1. The van der Waals surface area contributed by atoms with Crippen LogP contribution in [0.3, 0.4) is 0 Å². The Balaban J connectivity index is 1.97. The molecular formula is C11H22N2. The molecule has 2 fully saturated rings. The first-order chi connectivity index (χ1) is 6.15. The second kappa shape index (κ2) is 3.58. The summed E-state index contributed by atoms with van der Waals surface area (Å²) in [5.74, 6) is 1.79. The number of nitrogens with zero attached hydrogens (tertiary/aromatic N) is 1. The minimum absolute atomic E-state index is 0.498. The summed E-state index contributed by atoms with van der Waals surface area (Å²) in [5.41, 5.74) is 6.03. The van der Waals surface area contributed by atoms with Gasteiger partial charge in [-0.1, -0.05) is 0 Å². The molecule has 1 saturated heterocycles. The van der Waals surface area contributed by atoms with Crippen molar-refractivity contribution in [2.45, 2.75) is 45.2 Å². The van der Waals surface area contributed by atoms with Crippen LogP contribution in [0.25, 0.3) is 0 Å². The largest absolute Gasteiger partial charge is 0.328 e. The van der Waals surface area contributed by atoms with Gasteiger partial charge in [0, 0.05) is 25.2 Å². The van der Waals surface area contributed by atoms with Crippen molar-refractivity contribution in [2.75, 3.05) is 13.1 Å². The molecule has 2 unspecified atom stereocenters. The molecule has 2 bridgehead atoms. The molecule has 2 heteroatoms. The highest BCUT2D eigenvalue weighted by Gasteiger charge is 2.34. The van der Waals surface area contributed by atoms with Crippen LogP contribution in [0.4, 0.5) is 0 Å². The summed E-state index contributed by atoms with van der Waals surface area (Å²) in [5, 5.41) is 0. The van der Waals surface area contributed by atoms with Crippen molar-refractivity contribution in [3.8, 4) is 0 Å². The van der Waals surface area contributed by atoms with Crippen LogP contribution < -0.4 is 5.73 Å². The Morgan fingerprint density at radius 3 is 2.08 bits per heavy atom. The Morgan fingerprint density at radius 1 is 1.08 bits per heavy atom. The van der Waals surface area contributed by atoms with Crippen molar-refractivity contribution in [3.05, 3.63) is 0 Å². The maximum Gasteiger partial charge on any atom is 0.00450 e. The Bertz CT molecular complexity index is 161. The lowest BCUT2D eigenvalue weighted by Crippen LogP contribution is -2.49. The van der Waals surface area contributed by atoms with E-state index in [4.69, 9.17) is 5.73 Å². The fourth-order valence-electron chi connectivity index (χ4n) is 3.07. The summed E-state index contributed by atoms with van der Waals surface area (Å²) in [6, 6.07) is 1.22. The lowest BCUT2D eigenvalue weighted by Gasteiger charge is -2.45. The molecule has 2 rings (SSSR count). The topological polar surface area (TPSA) is 29.3 Å². The Hall–Kier alpha value is -0.0800. The molecule has 1 aliphatic carbocycles. The highest BCUT2D eigenvalue weighted by Crippen LogP contribution is 2.34. The van der Waals surface area contributed by atoms with Gasteiger partial charge in [0.25, 0.3) is 0 Å². The minimum Gasteiger partial charge on any atom is -0.328 e. The number of likely N-dealkylation sites (tertiary alicyclic amines) is 1. The Labute approximate surface area is 81.5 Å². The summed E-state index contributed by atoms with van der Waals surface area (Å²) in [7, 11) is 0. The van der Waals surface area contributed by atoms with Gasteiger partial charge < -0.3 is 10.6 Å². The molecule has 1 heterocycles. The standard InChI is InChI=1S/C11H22N2/c1-8(2)13-6-9-3-10(7-13)5-11(12)4-9/h8-11H,3-7,12H2,1-2H3. The molecule has 0 aromatic heterocycles. The smallest absolute Gasteiger partial charge is 0.00450 e. The monoisotopic (exact) mass is 182 g/mol. The van der Waals surface area contributed by atoms with E-state index >= 15 is 0 Å². The zero-order valence-corrected chi connectivity index (χ0v) is 8.87. The fourth-order valence-corrected chi connectivity index (χ4v) is 3.07. The molecule has 0 aromatic rings. The maximum atomic E-state index is 6.03. The first-order valence-corrected chi connectivity index (χ1v) is 5.64. The number of hydrogen-bond acceptors (Lipinski definition) is 2. The van der Waals surface area contributed by atoms with Gasteiger partial charge in [-0.2, -0.15) is 0 Å². The van der Waals surface area contributed by atoms with Gasteiger partial charge in [-0.3, -0.25) is 0 Å². The molecule has 0 radical (unpaired) electrons. The van der Waals surface area contributed by atoms with Gasteiger partial charge in [-0.15, -0.1) is 0 Å². The molecule has 2 aliphatic rings. The van der Waals surface area contributed by atoms with Crippen molar-refractivity contribution >= 4 is 0 Å². The van der Waals surface area contributed by atoms with E-state index in [0.29, 0.717) is 6.04 Å². The van der Waals surface area contributed by atoms with E-state index in [1.54, 1.807) is 0 Å². The van der Waals surface area contributed by atoms with Crippen LogP contribution in [0.2, 0.25) is 0 Å². The quantitative estimate of drug-likeness (QED) is 0.665. The van der Waals surface area contributed by atoms with Crippen LogP contribution in [-0.2, 0) is 0 Å². The van der Waals surface area contributed by atoms with Crippen molar-refractivity contribution in [3.63, 3.8) is 0 Å². The van der Waals surface area contributed by atoms with Gasteiger partial charge in [0.2, 0.25) is 0 Å². The minimum atomic E-state index is 0.498. The van der Waals surface area contributed by atoms with Gasteiger partial charge >= 0.3 is 0 Å². The van der Waals surface area contributed by atoms with Crippen LogP contribution >= 0.6 is 0 Å². The normalized spacial score (nSPS) is 41.1. The molecule has 2 atom stereocenters. The van der Waals surface area contributed by atoms with E-state index < -0.39 is 0 Å². The van der Waals surface area contributed by atoms with E-state index in [0.717, 1.165) is 17.9 Å². The molecule has 13 heavy (non-hydrogen) atoms. The summed E-state index contributed by atoms with van der Waals surface area (Å²) < 4.78 is 0. The molecule has 1 saturated carbocycles. The Morgan fingerprint density at radius 2 is 1.62 bits per heavy atom. The van der Waals surface area contributed by atoms with E-state index in [2.05, 4.69) is 18.7 Å². The van der Waals surface area contributed by atoms with E-state index in [1.807, 2.05) is 0 Å². The van der Waals surface area contributed by atoms with Crippen LogP contribution in [-0.4, -0.2) is 30.1 Å². The average Bonchev–Trinajstić information content (AvgIpc) is 2.01. The molecule has 0 amide bonds.